The third-order valence-corrected chi connectivity index (χ3v) is 3.73. The predicted molar refractivity (Wildman–Crippen MR) is 82.4 cm³/mol. The molecule has 0 bridgehead atoms. The molecule has 0 spiro atoms. The van der Waals surface area contributed by atoms with Gasteiger partial charge in [0.15, 0.2) is 0 Å². The Balaban J connectivity index is 2.45. The van der Waals surface area contributed by atoms with Gasteiger partial charge in [-0.2, -0.15) is 0 Å². The Morgan fingerprint density at radius 2 is 1.16 bits per heavy atom. The van der Waals surface area contributed by atoms with Crippen molar-refractivity contribution in [2.24, 2.45) is 5.92 Å². The lowest BCUT2D eigenvalue weighted by atomic mass is 9.80. The normalized spacial score (nSPS) is 12.9. The first kappa shape index (κ1) is 13.8. The van der Waals surface area contributed by atoms with Gasteiger partial charge in [0.05, 0.1) is 0 Å². The van der Waals surface area contributed by atoms with Gasteiger partial charge < -0.3 is 5.32 Å². The number of rotatable bonds is 5. The van der Waals surface area contributed by atoms with E-state index in [-0.39, 0.29) is 0 Å². The average molecular weight is 253 g/mol. The third-order valence-electron chi connectivity index (χ3n) is 3.73. The van der Waals surface area contributed by atoms with Gasteiger partial charge in [-0.1, -0.05) is 74.5 Å². The van der Waals surface area contributed by atoms with E-state index in [9.17, 15) is 0 Å². The Kier molecular flexibility index (Phi) is 4.75. The van der Waals surface area contributed by atoms with E-state index in [2.05, 4.69) is 86.9 Å². The second-order valence-electron chi connectivity index (χ2n) is 5.36. The van der Waals surface area contributed by atoms with Crippen molar-refractivity contribution in [2.75, 3.05) is 7.05 Å². The number of hydrogen-bond donors (Lipinski definition) is 1. The van der Waals surface area contributed by atoms with Gasteiger partial charge in [-0.3, -0.25) is 0 Å². The van der Waals surface area contributed by atoms with Crippen molar-refractivity contribution in [1.29, 1.82) is 0 Å². The summed E-state index contributed by atoms with van der Waals surface area (Å²) >= 11 is 0. The zero-order chi connectivity index (χ0) is 13.7. The number of benzene rings is 2. The van der Waals surface area contributed by atoms with Gasteiger partial charge in [0.1, 0.15) is 0 Å². The molecule has 1 atom stereocenters. The van der Waals surface area contributed by atoms with Crippen LogP contribution in [0, 0.1) is 5.92 Å². The van der Waals surface area contributed by atoms with Crippen molar-refractivity contribution in [3.63, 3.8) is 0 Å². The summed E-state index contributed by atoms with van der Waals surface area (Å²) in [5.74, 6) is 0.975. The van der Waals surface area contributed by atoms with Crippen LogP contribution >= 0.6 is 0 Å². The Bertz CT molecular complexity index is 436. The van der Waals surface area contributed by atoms with Crippen molar-refractivity contribution in [3.05, 3.63) is 71.8 Å². The number of hydrogen-bond acceptors (Lipinski definition) is 1. The monoisotopic (exact) mass is 253 g/mol. The van der Waals surface area contributed by atoms with Gasteiger partial charge in [0.2, 0.25) is 0 Å². The average Bonchev–Trinajstić information content (AvgIpc) is 2.46. The van der Waals surface area contributed by atoms with Crippen LogP contribution in [0.4, 0.5) is 0 Å². The highest BCUT2D eigenvalue weighted by atomic mass is 14.9. The van der Waals surface area contributed by atoms with E-state index >= 15 is 0 Å². The molecule has 1 heteroatoms. The lowest BCUT2D eigenvalue weighted by Crippen LogP contribution is -2.37. The van der Waals surface area contributed by atoms with Crippen LogP contribution in [0.2, 0.25) is 0 Å². The molecule has 0 aliphatic rings. The van der Waals surface area contributed by atoms with Crippen LogP contribution in [-0.4, -0.2) is 13.1 Å². The first-order valence-electron chi connectivity index (χ1n) is 7.01. The molecule has 0 fully saturated rings. The molecule has 1 unspecified atom stereocenters. The summed E-state index contributed by atoms with van der Waals surface area (Å²) in [6.45, 7) is 4.56. The lowest BCUT2D eigenvalue weighted by molar-refractivity contribution is 0.390. The van der Waals surface area contributed by atoms with Crippen molar-refractivity contribution < 1.29 is 0 Å². The van der Waals surface area contributed by atoms with E-state index in [1.54, 1.807) is 0 Å². The summed E-state index contributed by atoms with van der Waals surface area (Å²) in [6, 6.07) is 22.0. The predicted octanol–water partition coefficient (Wildman–Crippen LogP) is 4.06. The van der Waals surface area contributed by atoms with Crippen LogP contribution in [0.25, 0.3) is 0 Å². The smallest absolute Gasteiger partial charge is 0.0245 e. The maximum absolute atomic E-state index is 3.50. The molecular weight excluding hydrogens is 230 g/mol. The van der Waals surface area contributed by atoms with Crippen LogP contribution in [0.5, 0.6) is 0 Å². The molecule has 0 saturated carbocycles. The highest BCUT2D eigenvalue weighted by molar-refractivity contribution is 5.34. The van der Waals surface area contributed by atoms with Gasteiger partial charge in [-0.15, -0.1) is 0 Å². The summed E-state index contributed by atoms with van der Waals surface area (Å²) in [6.07, 6.45) is 0. The maximum atomic E-state index is 3.50. The summed E-state index contributed by atoms with van der Waals surface area (Å²) in [5.41, 5.74) is 2.75. The Hall–Kier alpha value is -1.60. The zero-order valence-electron chi connectivity index (χ0n) is 12.0. The van der Waals surface area contributed by atoms with E-state index in [1.807, 2.05) is 0 Å². The lowest BCUT2D eigenvalue weighted by Gasteiger charge is -2.31. The second-order valence-corrected chi connectivity index (χ2v) is 5.36. The Morgan fingerprint density at radius 1 is 0.737 bits per heavy atom. The highest BCUT2D eigenvalue weighted by Gasteiger charge is 2.25. The van der Waals surface area contributed by atoms with Crippen molar-refractivity contribution in [2.45, 2.75) is 25.8 Å². The van der Waals surface area contributed by atoms with Crippen molar-refractivity contribution in [3.8, 4) is 0 Å². The van der Waals surface area contributed by atoms with E-state index in [0.717, 1.165) is 0 Å². The first-order chi connectivity index (χ1) is 9.24. The van der Waals surface area contributed by atoms with Crippen LogP contribution in [0.1, 0.15) is 30.9 Å². The Morgan fingerprint density at radius 3 is 1.47 bits per heavy atom. The maximum Gasteiger partial charge on any atom is 0.0245 e. The molecule has 100 valence electrons. The minimum Gasteiger partial charge on any atom is -0.316 e. The summed E-state index contributed by atoms with van der Waals surface area (Å²) in [5, 5.41) is 3.50. The molecule has 0 saturated heterocycles. The first-order valence-corrected chi connectivity index (χ1v) is 7.01. The molecule has 2 aromatic carbocycles. The molecular formula is C18H23N. The molecule has 0 amide bonds. The largest absolute Gasteiger partial charge is 0.316 e. The van der Waals surface area contributed by atoms with Crippen LogP contribution in [0.3, 0.4) is 0 Å². The van der Waals surface area contributed by atoms with Crippen LogP contribution < -0.4 is 5.32 Å². The van der Waals surface area contributed by atoms with Crippen LogP contribution in [-0.2, 0) is 0 Å². The van der Waals surface area contributed by atoms with Crippen molar-refractivity contribution in [1.82, 2.24) is 5.32 Å². The van der Waals surface area contributed by atoms with E-state index in [4.69, 9.17) is 0 Å². The topological polar surface area (TPSA) is 12.0 Å². The molecule has 2 rings (SSSR count). The molecule has 0 aliphatic heterocycles. The van der Waals surface area contributed by atoms with Crippen LogP contribution in [0.15, 0.2) is 60.7 Å². The summed E-state index contributed by atoms with van der Waals surface area (Å²) in [4.78, 5) is 0. The molecule has 0 heterocycles. The SMILES string of the molecule is CNC(C(C)C)C(c1ccccc1)c1ccccc1. The number of likely N-dealkylation sites (N-methyl/N-ethyl adjacent to an activating group) is 1. The van der Waals surface area contributed by atoms with E-state index in [1.165, 1.54) is 11.1 Å². The fourth-order valence-corrected chi connectivity index (χ4v) is 2.81. The van der Waals surface area contributed by atoms with Gasteiger partial charge in [0, 0.05) is 12.0 Å². The molecule has 1 N–H and O–H groups in total. The quantitative estimate of drug-likeness (QED) is 0.847. The summed E-state index contributed by atoms with van der Waals surface area (Å²) in [7, 11) is 2.06. The van der Waals surface area contributed by atoms with Gasteiger partial charge in [-0.05, 0) is 24.1 Å². The number of nitrogens with one attached hydrogen (secondary N) is 1. The summed E-state index contributed by atoms with van der Waals surface area (Å²) < 4.78 is 0. The fourth-order valence-electron chi connectivity index (χ4n) is 2.81. The van der Waals surface area contributed by atoms with E-state index in [0.29, 0.717) is 17.9 Å². The highest BCUT2D eigenvalue weighted by Crippen LogP contribution is 2.31. The standard InChI is InChI=1S/C18H23N/c1-14(2)18(19-3)17(15-10-6-4-7-11-15)16-12-8-5-9-13-16/h4-14,17-19H,1-3H3. The van der Waals surface area contributed by atoms with Crippen molar-refractivity contribution >= 4 is 0 Å². The third kappa shape index (κ3) is 3.24. The molecule has 1 nitrogen and oxygen atoms in total. The minimum atomic E-state index is 0.396. The zero-order valence-corrected chi connectivity index (χ0v) is 12.0. The van der Waals surface area contributed by atoms with Gasteiger partial charge >= 0.3 is 0 Å². The fraction of sp³-hybridized carbons (Fsp3) is 0.333. The molecule has 0 aliphatic carbocycles. The Labute approximate surface area is 116 Å². The van der Waals surface area contributed by atoms with Gasteiger partial charge in [-0.25, -0.2) is 0 Å². The molecule has 0 radical (unpaired) electrons. The molecule has 0 aromatic heterocycles. The van der Waals surface area contributed by atoms with Gasteiger partial charge in [0.25, 0.3) is 0 Å². The molecule has 19 heavy (non-hydrogen) atoms. The van der Waals surface area contributed by atoms with E-state index < -0.39 is 0 Å². The second kappa shape index (κ2) is 6.53. The molecule has 2 aromatic rings. The minimum absolute atomic E-state index is 0.396.